The summed E-state index contributed by atoms with van der Waals surface area (Å²) in [6, 6.07) is 0.593. The maximum Gasteiger partial charge on any atom is 0.0702 e. The molecule has 0 aliphatic carbocycles. The van der Waals surface area contributed by atoms with Crippen molar-refractivity contribution in [3.05, 3.63) is 0 Å². The molecule has 17 heavy (non-hydrogen) atoms. The molecule has 1 fully saturated rings. The van der Waals surface area contributed by atoms with Crippen molar-refractivity contribution >= 4 is 0 Å². The van der Waals surface area contributed by atoms with Crippen LogP contribution in [0.15, 0.2) is 0 Å². The van der Waals surface area contributed by atoms with E-state index in [0.29, 0.717) is 12.1 Å². The van der Waals surface area contributed by atoms with Gasteiger partial charge in [0.05, 0.1) is 6.10 Å². The SMILES string of the molecule is CCOC1CCCN(CC(C)CNC(C)C)C1. The summed E-state index contributed by atoms with van der Waals surface area (Å²) in [6.45, 7) is 14.4. The summed E-state index contributed by atoms with van der Waals surface area (Å²) >= 11 is 0. The quantitative estimate of drug-likeness (QED) is 0.740. The third-order valence-electron chi connectivity index (χ3n) is 3.31. The van der Waals surface area contributed by atoms with Gasteiger partial charge in [0.25, 0.3) is 0 Å². The number of ether oxygens (including phenoxy) is 1. The number of hydrogen-bond donors (Lipinski definition) is 1. The van der Waals surface area contributed by atoms with Gasteiger partial charge in [-0.25, -0.2) is 0 Å². The van der Waals surface area contributed by atoms with Crippen LogP contribution in [0.1, 0.15) is 40.5 Å². The number of nitrogens with zero attached hydrogens (tertiary/aromatic N) is 1. The molecule has 1 aliphatic rings. The van der Waals surface area contributed by atoms with E-state index in [2.05, 4.69) is 37.9 Å². The van der Waals surface area contributed by atoms with Crippen molar-refractivity contribution in [2.24, 2.45) is 5.92 Å². The Kier molecular flexibility index (Phi) is 7.09. The van der Waals surface area contributed by atoms with Gasteiger partial charge in [-0.1, -0.05) is 20.8 Å². The molecule has 102 valence electrons. The normalized spacial score (nSPS) is 24.2. The number of hydrogen-bond acceptors (Lipinski definition) is 3. The first-order chi connectivity index (χ1) is 8.11. The fourth-order valence-corrected chi connectivity index (χ4v) is 2.49. The van der Waals surface area contributed by atoms with Gasteiger partial charge in [0, 0.05) is 25.7 Å². The fraction of sp³-hybridized carbons (Fsp3) is 1.00. The minimum Gasteiger partial charge on any atom is -0.377 e. The van der Waals surface area contributed by atoms with Gasteiger partial charge in [-0.05, 0) is 38.8 Å². The molecule has 2 atom stereocenters. The fourth-order valence-electron chi connectivity index (χ4n) is 2.49. The predicted molar refractivity (Wildman–Crippen MR) is 73.4 cm³/mol. The Bertz CT molecular complexity index is 195. The zero-order valence-corrected chi connectivity index (χ0v) is 12.0. The Balaban J connectivity index is 2.20. The summed E-state index contributed by atoms with van der Waals surface area (Å²) in [7, 11) is 0. The van der Waals surface area contributed by atoms with Gasteiger partial charge >= 0.3 is 0 Å². The van der Waals surface area contributed by atoms with Gasteiger partial charge in [0.1, 0.15) is 0 Å². The first-order valence-electron chi connectivity index (χ1n) is 7.19. The molecule has 0 aromatic heterocycles. The topological polar surface area (TPSA) is 24.5 Å². The Labute approximate surface area is 107 Å². The maximum atomic E-state index is 5.74. The van der Waals surface area contributed by atoms with Crippen LogP contribution in [-0.2, 0) is 4.74 Å². The van der Waals surface area contributed by atoms with Crippen molar-refractivity contribution in [1.29, 1.82) is 0 Å². The molecule has 1 N–H and O–H groups in total. The lowest BCUT2D eigenvalue weighted by atomic mass is 10.1. The van der Waals surface area contributed by atoms with Crippen molar-refractivity contribution in [3.8, 4) is 0 Å². The number of nitrogens with one attached hydrogen (secondary N) is 1. The van der Waals surface area contributed by atoms with Crippen LogP contribution >= 0.6 is 0 Å². The third-order valence-corrected chi connectivity index (χ3v) is 3.31. The monoisotopic (exact) mass is 242 g/mol. The van der Waals surface area contributed by atoms with E-state index in [1.54, 1.807) is 0 Å². The van der Waals surface area contributed by atoms with Crippen LogP contribution in [0.2, 0.25) is 0 Å². The van der Waals surface area contributed by atoms with E-state index in [9.17, 15) is 0 Å². The summed E-state index contributed by atoms with van der Waals surface area (Å²) in [5.74, 6) is 0.720. The van der Waals surface area contributed by atoms with Crippen molar-refractivity contribution in [2.45, 2.75) is 52.7 Å². The summed E-state index contributed by atoms with van der Waals surface area (Å²) in [6.07, 6.45) is 3.00. The minimum absolute atomic E-state index is 0.471. The van der Waals surface area contributed by atoms with E-state index < -0.39 is 0 Å². The lowest BCUT2D eigenvalue weighted by Gasteiger charge is -2.34. The van der Waals surface area contributed by atoms with Gasteiger partial charge in [-0.15, -0.1) is 0 Å². The van der Waals surface area contributed by atoms with Crippen LogP contribution in [-0.4, -0.2) is 49.8 Å². The molecule has 2 unspecified atom stereocenters. The van der Waals surface area contributed by atoms with Crippen molar-refractivity contribution in [3.63, 3.8) is 0 Å². The van der Waals surface area contributed by atoms with Gasteiger partial charge in [0.15, 0.2) is 0 Å². The molecule has 0 aromatic carbocycles. The Morgan fingerprint density at radius 3 is 2.76 bits per heavy atom. The highest BCUT2D eigenvalue weighted by atomic mass is 16.5. The number of rotatable bonds is 7. The molecule has 0 radical (unpaired) electrons. The van der Waals surface area contributed by atoms with E-state index in [1.807, 2.05) is 0 Å². The van der Waals surface area contributed by atoms with E-state index >= 15 is 0 Å². The molecule has 0 amide bonds. The van der Waals surface area contributed by atoms with E-state index in [0.717, 1.165) is 25.6 Å². The standard InChI is InChI=1S/C14H30N2O/c1-5-17-14-7-6-8-16(11-14)10-13(4)9-15-12(2)3/h12-15H,5-11H2,1-4H3. The second-order valence-electron chi connectivity index (χ2n) is 5.65. The van der Waals surface area contributed by atoms with Crippen molar-refractivity contribution in [1.82, 2.24) is 10.2 Å². The van der Waals surface area contributed by atoms with Crippen LogP contribution in [0.5, 0.6) is 0 Å². The highest BCUT2D eigenvalue weighted by molar-refractivity contribution is 4.75. The molecule has 3 heteroatoms. The zero-order valence-electron chi connectivity index (χ0n) is 12.0. The second kappa shape index (κ2) is 8.06. The smallest absolute Gasteiger partial charge is 0.0702 e. The second-order valence-corrected chi connectivity index (χ2v) is 5.65. The Morgan fingerprint density at radius 2 is 2.12 bits per heavy atom. The van der Waals surface area contributed by atoms with Gasteiger partial charge < -0.3 is 15.0 Å². The molecule has 0 aromatic rings. The van der Waals surface area contributed by atoms with Crippen LogP contribution in [0.4, 0.5) is 0 Å². The Hall–Kier alpha value is -0.120. The molecule has 0 spiro atoms. The molecule has 1 saturated heterocycles. The molecule has 1 heterocycles. The molecule has 1 aliphatic heterocycles. The van der Waals surface area contributed by atoms with E-state index in [-0.39, 0.29) is 0 Å². The van der Waals surface area contributed by atoms with Gasteiger partial charge in [0.2, 0.25) is 0 Å². The predicted octanol–water partition coefficient (Wildman–Crippen LogP) is 2.12. The van der Waals surface area contributed by atoms with Crippen LogP contribution < -0.4 is 5.32 Å². The summed E-state index contributed by atoms with van der Waals surface area (Å²) in [5, 5.41) is 3.51. The lowest BCUT2D eigenvalue weighted by Crippen LogP contribution is -2.43. The molecule has 1 rings (SSSR count). The lowest BCUT2D eigenvalue weighted by molar-refractivity contribution is 0.00246. The van der Waals surface area contributed by atoms with Crippen molar-refractivity contribution < 1.29 is 4.74 Å². The molecule has 0 bridgehead atoms. The van der Waals surface area contributed by atoms with Crippen LogP contribution in [0, 0.1) is 5.92 Å². The van der Waals surface area contributed by atoms with Gasteiger partial charge in [-0.3, -0.25) is 0 Å². The third kappa shape index (κ3) is 6.39. The minimum atomic E-state index is 0.471. The maximum absolute atomic E-state index is 5.74. The average molecular weight is 242 g/mol. The zero-order chi connectivity index (χ0) is 12.7. The largest absolute Gasteiger partial charge is 0.377 e. The van der Waals surface area contributed by atoms with Crippen molar-refractivity contribution in [2.75, 3.05) is 32.8 Å². The van der Waals surface area contributed by atoms with Crippen LogP contribution in [0.25, 0.3) is 0 Å². The summed E-state index contributed by atoms with van der Waals surface area (Å²) < 4.78 is 5.74. The Morgan fingerprint density at radius 1 is 1.35 bits per heavy atom. The van der Waals surface area contributed by atoms with E-state index in [1.165, 1.54) is 25.9 Å². The molecule has 3 nitrogen and oxygen atoms in total. The molecule has 0 saturated carbocycles. The highest BCUT2D eigenvalue weighted by Gasteiger charge is 2.21. The summed E-state index contributed by atoms with van der Waals surface area (Å²) in [5.41, 5.74) is 0. The summed E-state index contributed by atoms with van der Waals surface area (Å²) in [4.78, 5) is 2.57. The van der Waals surface area contributed by atoms with Crippen LogP contribution in [0.3, 0.4) is 0 Å². The number of piperidine rings is 1. The van der Waals surface area contributed by atoms with E-state index in [4.69, 9.17) is 4.74 Å². The first-order valence-corrected chi connectivity index (χ1v) is 7.19. The average Bonchev–Trinajstić information content (AvgIpc) is 2.27. The van der Waals surface area contributed by atoms with Gasteiger partial charge in [-0.2, -0.15) is 0 Å². The first kappa shape index (κ1) is 14.9. The molecular weight excluding hydrogens is 212 g/mol. The number of likely N-dealkylation sites (tertiary alicyclic amines) is 1. The molecular formula is C14H30N2O. The highest BCUT2D eigenvalue weighted by Crippen LogP contribution is 2.14.